The number of amides is 1. The number of aryl methyl sites for hydroxylation is 1. The second-order valence-electron chi connectivity index (χ2n) is 7.31. The van der Waals surface area contributed by atoms with Crippen molar-refractivity contribution in [2.75, 3.05) is 19.7 Å². The molecule has 0 saturated heterocycles. The third kappa shape index (κ3) is 4.65. The van der Waals surface area contributed by atoms with E-state index in [4.69, 9.17) is 22.1 Å². The van der Waals surface area contributed by atoms with E-state index in [0.29, 0.717) is 5.56 Å². The van der Waals surface area contributed by atoms with E-state index in [9.17, 15) is 9.18 Å². The molecule has 3 aromatic rings. The zero-order valence-corrected chi connectivity index (χ0v) is 18.7. The quantitative estimate of drug-likeness (QED) is 0.507. The molecule has 0 bridgehead atoms. The molecule has 1 amide bonds. The Morgan fingerprint density at radius 1 is 1.32 bits per heavy atom. The van der Waals surface area contributed by atoms with Gasteiger partial charge in [-0.2, -0.15) is 0 Å². The molecule has 1 aliphatic rings. The van der Waals surface area contributed by atoms with Crippen LogP contribution in [-0.4, -0.2) is 35.5 Å². The van der Waals surface area contributed by atoms with Crippen molar-refractivity contribution >= 4 is 46.9 Å². The maximum atomic E-state index is 14.1. The van der Waals surface area contributed by atoms with Crippen molar-refractivity contribution < 1.29 is 13.9 Å². The summed E-state index contributed by atoms with van der Waals surface area (Å²) in [7, 11) is 0. The molecule has 2 heterocycles. The number of primary amides is 1. The highest BCUT2D eigenvalue weighted by molar-refractivity contribution is 6.31. The van der Waals surface area contributed by atoms with Crippen LogP contribution in [0.25, 0.3) is 17.0 Å². The number of aromatic amines is 1. The fraction of sp³-hybridized carbons (Fsp3) is 0.261. The average Bonchev–Trinajstić information content (AvgIpc) is 3.13. The lowest BCUT2D eigenvalue weighted by Gasteiger charge is -2.29. The highest BCUT2D eigenvalue weighted by atomic mass is 35.5. The molecule has 0 spiro atoms. The number of carbonyl (C=O) groups is 1. The minimum absolute atomic E-state index is 0. The van der Waals surface area contributed by atoms with E-state index < -0.39 is 11.7 Å². The highest BCUT2D eigenvalue weighted by Crippen LogP contribution is 2.33. The van der Waals surface area contributed by atoms with Crippen molar-refractivity contribution in [3.8, 4) is 5.75 Å². The smallest absolute Gasteiger partial charge is 0.249 e. The Balaban J connectivity index is 0.00000272. The van der Waals surface area contributed by atoms with Gasteiger partial charge < -0.3 is 20.4 Å². The number of carbonyl (C=O) groups excluding carboxylic acids is 1. The van der Waals surface area contributed by atoms with Crippen molar-refractivity contribution in [1.82, 2.24) is 9.88 Å². The van der Waals surface area contributed by atoms with Gasteiger partial charge in [0.15, 0.2) is 11.6 Å². The molecule has 31 heavy (non-hydrogen) atoms. The normalized spacial score (nSPS) is 12.5. The molecule has 1 aromatic heterocycles. The SMILES string of the molecule is CCN(CCCc1c[nH]c2ccc(Cl)cc12)C1=Cc2c(C(N)=O)ccc(F)c2OC1.Cl. The van der Waals surface area contributed by atoms with Crippen LogP contribution in [0, 0.1) is 5.82 Å². The first-order valence-corrected chi connectivity index (χ1v) is 10.3. The van der Waals surface area contributed by atoms with Crippen molar-refractivity contribution in [2.24, 2.45) is 5.73 Å². The topological polar surface area (TPSA) is 71.3 Å². The maximum Gasteiger partial charge on any atom is 0.249 e. The second-order valence-corrected chi connectivity index (χ2v) is 7.75. The van der Waals surface area contributed by atoms with Gasteiger partial charge in [-0.05, 0) is 61.7 Å². The minimum Gasteiger partial charge on any atom is -0.484 e. The Bertz CT molecular complexity index is 1140. The van der Waals surface area contributed by atoms with Crippen LogP contribution in [0.3, 0.4) is 0 Å². The summed E-state index contributed by atoms with van der Waals surface area (Å²) in [5, 5.41) is 1.86. The summed E-state index contributed by atoms with van der Waals surface area (Å²) in [5.74, 6) is -1.01. The van der Waals surface area contributed by atoms with Gasteiger partial charge in [-0.1, -0.05) is 11.6 Å². The third-order valence-corrected chi connectivity index (χ3v) is 5.72. The lowest BCUT2D eigenvalue weighted by molar-refractivity contribution is 0.0999. The van der Waals surface area contributed by atoms with Gasteiger partial charge in [0.05, 0.1) is 11.3 Å². The number of rotatable bonds is 7. The zero-order valence-electron chi connectivity index (χ0n) is 17.1. The molecule has 3 N–H and O–H groups in total. The van der Waals surface area contributed by atoms with Gasteiger partial charge in [0, 0.05) is 40.8 Å². The van der Waals surface area contributed by atoms with E-state index in [0.717, 1.165) is 47.6 Å². The van der Waals surface area contributed by atoms with Crippen LogP contribution in [0.5, 0.6) is 5.75 Å². The molecule has 0 radical (unpaired) electrons. The van der Waals surface area contributed by atoms with E-state index in [-0.39, 0.29) is 30.3 Å². The number of nitrogens with one attached hydrogen (secondary N) is 1. The van der Waals surface area contributed by atoms with Crippen LogP contribution >= 0.6 is 24.0 Å². The summed E-state index contributed by atoms with van der Waals surface area (Å²) in [6, 6.07) is 8.45. The number of fused-ring (bicyclic) bond motifs is 2. The first kappa shape index (κ1) is 23.0. The van der Waals surface area contributed by atoms with E-state index in [1.807, 2.05) is 30.5 Å². The molecule has 1 aliphatic heterocycles. The Labute approximate surface area is 191 Å². The van der Waals surface area contributed by atoms with Gasteiger partial charge in [-0.25, -0.2) is 4.39 Å². The van der Waals surface area contributed by atoms with E-state index in [1.165, 1.54) is 17.7 Å². The van der Waals surface area contributed by atoms with Gasteiger partial charge in [-0.15, -0.1) is 12.4 Å². The number of H-pyrrole nitrogens is 1. The molecule has 0 aliphatic carbocycles. The molecule has 2 aromatic carbocycles. The first-order valence-electron chi connectivity index (χ1n) is 9.94. The fourth-order valence-electron chi connectivity index (χ4n) is 3.94. The number of nitrogens with zero attached hydrogens (tertiary/aromatic N) is 1. The van der Waals surface area contributed by atoms with Crippen LogP contribution in [0.15, 0.2) is 42.2 Å². The molecule has 0 saturated carbocycles. The highest BCUT2D eigenvalue weighted by Gasteiger charge is 2.23. The van der Waals surface area contributed by atoms with Crippen LogP contribution in [-0.2, 0) is 6.42 Å². The Kier molecular flexibility index (Phi) is 7.13. The predicted octanol–water partition coefficient (Wildman–Crippen LogP) is 5.17. The monoisotopic (exact) mass is 463 g/mol. The standard InChI is InChI=1S/C23H23ClFN3O2.ClH/c1-2-28(9-3-4-14-12-27-21-8-5-15(24)10-18(14)21)16-11-19-17(23(26)29)6-7-20(25)22(19)30-13-16;/h5-8,10-12,27H,2-4,9,13H2,1H3,(H2,26,29);1H. The number of benzene rings is 2. The predicted molar refractivity (Wildman–Crippen MR) is 125 cm³/mol. The lowest BCUT2D eigenvalue weighted by atomic mass is 10.0. The lowest BCUT2D eigenvalue weighted by Crippen LogP contribution is -2.29. The summed E-state index contributed by atoms with van der Waals surface area (Å²) in [5.41, 5.74) is 9.33. The number of hydrogen-bond acceptors (Lipinski definition) is 3. The third-order valence-electron chi connectivity index (χ3n) is 5.48. The number of ether oxygens (including phenoxy) is 1. The molecule has 8 heteroatoms. The van der Waals surface area contributed by atoms with Gasteiger partial charge in [0.1, 0.15) is 6.61 Å². The number of hydrogen-bond donors (Lipinski definition) is 2. The zero-order chi connectivity index (χ0) is 21.3. The fourth-order valence-corrected chi connectivity index (χ4v) is 4.11. The van der Waals surface area contributed by atoms with Crippen LogP contribution in [0.2, 0.25) is 5.02 Å². The molecule has 0 atom stereocenters. The second kappa shape index (κ2) is 9.62. The largest absolute Gasteiger partial charge is 0.484 e. The Morgan fingerprint density at radius 2 is 2.13 bits per heavy atom. The Morgan fingerprint density at radius 3 is 2.87 bits per heavy atom. The minimum atomic E-state index is -0.603. The van der Waals surface area contributed by atoms with Gasteiger partial charge in [0.2, 0.25) is 5.91 Å². The molecular formula is C23H24Cl2FN3O2. The molecule has 4 rings (SSSR count). The molecular weight excluding hydrogens is 440 g/mol. The maximum absolute atomic E-state index is 14.1. The number of likely N-dealkylation sites (N-methyl/N-ethyl adjacent to an activating group) is 1. The van der Waals surface area contributed by atoms with Crippen molar-refractivity contribution in [1.29, 1.82) is 0 Å². The summed E-state index contributed by atoms with van der Waals surface area (Å²) in [4.78, 5) is 17.2. The van der Waals surface area contributed by atoms with E-state index in [1.54, 1.807) is 0 Å². The molecule has 0 fully saturated rings. The van der Waals surface area contributed by atoms with Crippen LogP contribution in [0.4, 0.5) is 4.39 Å². The Hall–Kier alpha value is -2.70. The molecule has 5 nitrogen and oxygen atoms in total. The molecule has 164 valence electrons. The van der Waals surface area contributed by atoms with Crippen molar-refractivity contribution in [3.63, 3.8) is 0 Å². The number of halogens is 3. The summed E-state index contributed by atoms with van der Waals surface area (Å²) < 4.78 is 19.8. The van der Waals surface area contributed by atoms with Gasteiger partial charge in [0.25, 0.3) is 0 Å². The van der Waals surface area contributed by atoms with Gasteiger partial charge in [-0.3, -0.25) is 4.79 Å². The number of aromatic nitrogens is 1. The molecule has 0 unspecified atom stereocenters. The average molecular weight is 464 g/mol. The van der Waals surface area contributed by atoms with E-state index in [2.05, 4.69) is 16.8 Å². The number of nitrogens with two attached hydrogens (primary N) is 1. The summed E-state index contributed by atoms with van der Waals surface area (Å²) in [6.45, 7) is 3.88. The van der Waals surface area contributed by atoms with Crippen molar-refractivity contribution in [2.45, 2.75) is 19.8 Å². The summed E-state index contributed by atoms with van der Waals surface area (Å²) in [6.07, 6.45) is 5.65. The van der Waals surface area contributed by atoms with E-state index >= 15 is 0 Å². The van der Waals surface area contributed by atoms with Crippen LogP contribution < -0.4 is 10.5 Å². The van der Waals surface area contributed by atoms with Crippen molar-refractivity contribution in [3.05, 3.63) is 69.8 Å². The first-order chi connectivity index (χ1) is 14.5. The van der Waals surface area contributed by atoms with Gasteiger partial charge >= 0.3 is 0 Å². The van der Waals surface area contributed by atoms with Crippen LogP contribution in [0.1, 0.15) is 34.8 Å². The summed E-state index contributed by atoms with van der Waals surface area (Å²) >= 11 is 6.14.